The molecule has 1 aromatic heterocycles. The zero-order chi connectivity index (χ0) is 12.8. The second-order valence-electron chi connectivity index (χ2n) is 3.98. The number of nitriles is 1. The normalized spacial score (nSPS) is 11.7. The number of aromatic nitrogens is 2. The molecule has 0 aliphatic rings. The first-order valence-electron chi connectivity index (χ1n) is 5.78. The average molecular weight is 233 g/mol. The van der Waals surface area contributed by atoms with Crippen LogP contribution < -0.4 is 10.2 Å². The summed E-state index contributed by atoms with van der Waals surface area (Å²) in [4.78, 5) is 10.7. The minimum atomic E-state index is -0.0109. The van der Waals surface area contributed by atoms with Gasteiger partial charge in [0.2, 0.25) is 0 Å². The highest BCUT2D eigenvalue weighted by molar-refractivity contribution is 5.49. The van der Waals surface area contributed by atoms with E-state index < -0.39 is 0 Å². The van der Waals surface area contributed by atoms with Gasteiger partial charge in [0.05, 0.1) is 12.0 Å². The van der Waals surface area contributed by atoms with E-state index in [0.717, 1.165) is 24.0 Å². The van der Waals surface area contributed by atoms with E-state index >= 15 is 0 Å². The van der Waals surface area contributed by atoms with Gasteiger partial charge in [0.1, 0.15) is 17.5 Å². The third-order valence-corrected chi connectivity index (χ3v) is 2.50. The van der Waals surface area contributed by atoms with Crippen LogP contribution in [0.1, 0.15) is 19.7 Å². The number of aryl methyl sites for hydroxylation is 1. The Balaban J connectivity index is 2.95. The highest BCUT2D eigenvalue weighted by Crippen LogP contribution is 2.16. The molecule has 5 heteroatoms. The van der Waals surface area contributed by atoms with E-state index in [0.29, 0.717) is 6.54 Å². The standard InChI is InChI=1S/C12H19N5/c1-5-17(8-9(2)7-13)12-6-11(14-4)15-10(3)16-12/h6,9H,5,8H2,1-4H3,(H,14,15,16). The highest BCUT2D eigenvalue weighted by atomic mass is 15.2. The zero-order valence-corrected chi connectivity index (χ0v) is 10.9. The summed E-state index contributed by atoms with van der Waals surface area (Å²) in [5.41, 5.74) is 0. The van der Waals surface area contributed by atoms with Crippen molar-refractivity contribution in [3.63, 3.8) is 0 Å². The Morgan fingerprint density at radius 1 is 1.53 bits per heavy atom. The number of anilines is 2. The van der Waals surface area contributed by atoms with Gasteiger partial charge in [-0.3, -0.25) is 0 Å². The molecule has 1 rings (SSSR count). The van der Waals surface area contributed by atoms with Crippen LogP contribution >= 0.6 is 0 Å². The van der Waals surface area contributed by atoms with Gasteiger partial charge in [-0.25, -0.2) is 9.97 Å². The van der Waals surface area contributed by atoms with Gasteiger partial charge in [-0.1, -0.05) is 0 Å². The lowest BCUT2D eigenvalue weighted by molar-refractivity contribution is 0.677. The summed E-state index contributed by atoms with van der Waals surface area (Å²) < 4.78 is 0. The fourth-order valence-electron chi connectivity index (χ4n) is 1.60. The molecule has 1 atom stereocenters. The maximum Gasteiger partial charge on any atom is 0.134 e. The van der Waals surface area contributed by atoms with Crippen LogP contribution in [0.4, 0.5) is 11.6 Å². The van der Waals surface area contributed by atoms with E-state index in [-0.39, 0.29) is 5.92 Å². The molecule has 0 radical (unpaired) electrons. The molecule has 0 amide bonds. The highest BCUT2D eigenvalue weighted by Gasteiger charge is 2.11. The Bertz CT molecular complexity index is 410. The van der Waals surface area contributed by atoms with Crippen LogP contribution in [0.25, 0.3) is 0 Å². The fourth-order valence-corrected chi connectivity index (χ4v) is 1.60. The minimum absolute atomic E-state index is 0.0109. The van der Waals surface area contributed by atoms with Crippen molar-refractivity contribution in [2.45, 2.75) is 20.8 Å². The van der Waals surface area contributed by atoms with Crippen LogP contribution in [0, 0.1) is 24.2 Å². The van der Waals surface area contributed by atoms with E-state index in [1.807, 2.05) is 27.0 Å². The van der Waals surface area contributed by atoms with E-state index in [4.69, 9.17) is 5.26 Å². The van der Waals surface area contributed by atoms with Crippen molar-refractivity contribution in [1.82, 2.24) is 9.97 Å². The number of hydrogen-bond acceptors (Lipinski definition) is 5. The van der Waals surface area contributed by atoms with Gasteiger partial charge in [0, 0.05) is 26.2 Å². The van der Waals surface area contributed by atoms with Gasteiger partial charge >= 0.3 is 0 Å². The van der Waals surface area contributed by atoms with Crippen LogP contribution in [-0.4, -0.2) is 30.1 Å². The van der Waals surface area contributed by atoms with Gasteiger partial charge in [0.25, 0.3) is 0 Å². The van der Waals surface area contributed by atoms with Crippen LogP contribution in [0.5, 0.6) is 0 Å². The molecule has 0 bridgehead atoms. The van der Waals surface area contributed by atoms with Crippen molar-refractivity contribution in [3.05, 3.63) is 11.9 Å². The van der Waals surface area contributed by atoms with Crippen LogP contribution in [-0.2, 0) is 0 Å². The van der Waals surface area contributed by atoms with Crippen molar-refractivity contribution in [2.24, 2.45) is 5.92 Å². The molecule has 92 valence electrons. The lowest BCUT2D eigenvalue weighted by Gasteiger charge is -2.23. The molecule has 0 saturated heterocycles. The number of nitrogens with one attached hydrogen (secondary N) is 1. The molecule has 0 aromatic carbocycles. The van der Waals surface area contributed by atoms with Gasteiger partial charge in [-0.2, -0.15) is 5.26 Å². The first kappa shape index (κ1) is 13.2. The molecule has 0 aliphatic carbocycles. The molecule has 0 fully saturated rings. The SMILES string of the molecule is CCN(CC(C)C#N)c1cc(NC)nc(C)n1. The van der Waals surface area contributed by atoms with Gasteiger partial charge in [0.15, 0.2) is 0 Å². The molecule has 5 nitrogen and oxygen atoms in total. The third-order valence-electron chi connectivity index (χ3n) is 2.50. The summed E-state index contributed by atoms with van der Waals surface area (Å²) in [6.07, 6.45) is 0. The quantitative estimate of drug-likeness (QED) is 0.840. The largest absolute Gasteiger partial charge is 0.373 e. The monoisotopic (exact) mass is 233 g/mol. The van der Waals surface area contributed by atoms with Crippen molar-refractivity contribution in [2.75, 3.05) is 30.4 Å². The lowest BCUT2D eigenvalue weighted by Crippen LogP contribution is -2.29. The van der Waals surface area contributed by atoms with Gasteiger partial charge in [-0.15, -0.1) is 0 Å². The Morgan fingerprint density at radius 3 is 2.76 bits per heavy atom. The average Bonchev–Trinajstić information content (AvgIpc) is 2.34. The number of nitrogens with zero attached hydrogens (tertiary/aromatic N) is 4. The third kappa shape index (κ3) is 3.59. The molecule has 1 unspecified atom stereocenters. The molecule has 0 spiro atoms. The van der Waals surface area contributed by atoms with Crippen molar-refractivity contribution in [3.8, 4) is 6.07 Å². The molecular weight excluding hydrogens is 214 g/mol. The molecular formula is C12H19N5. The summed E-state index contributed by atoms with van der Waals surface area (Å²) in [7, 11) is 1.83. The molecule has 0 saturated carbocycles. The topological polar surface area (TPSA) is 64.8 Å². The maximum absolute atomic E-state index is 8.86. The molecule has 1 heterocycles. The summed E-state index contributed by atoms with van der Waals surface area (Å²) >= 11 is 0. The summed E-state index contributed by atoms with van der Waals surface area (Å²) in [5, 5.41) is 11.9. The first-order chi connectivity index (χ1) is 8.10. The van der Waals surface area contributed by atoms with Crippen LogP contribution in [0.15, 0.2) is 6.07 Å². The maximum atomic E-state index is 8.86. The van der Waals surface area contributed by atoms with Crippen molar-refractivity contribution < 1.29 is 0 Å². The molecule has 17 heavy (non-hydrogen) atoms. The van der Waals surface area contributed by atoms with E-state index in [1.54, 1.807) is 0 Å². The summed E-state index contributed by atoms with van der Waals surface area (Å²) in [6.45, 7) is 7.35. The Morgan fingerprint density at radius 2 is 2.24 bits per heavy atom. The molecule has 1 aromatic rings. The molecule has 0 aliphatic heterocycles. The van der Waals surface area contributed by atoms with Gasteiger partial charge < -0.3 is 10.2 Å². The summed E-state index contributed by atoms with van der Waals surface area (Å²) in [5.74, 6) is 2.39. The van der Waals surface area contributed by atoms with Gasteiger partial charge in [-0.05, 0) is 20.8 Å². The lowest BCUT2D eigenvalue weighted by atomic mass is 10.2. The van der Waals surface area contributed by atoms with E-state index in [9.17, 15) is 0 Å². The second-order valence-corrected chi connectivity index (χ2v) is 3.98. The number of rotatable bonds is 5. The van der Waals surface area contributed by atoms with Crippen LogP contribution in [0.3, 0.4) is 0 Å². The second kappa shape index (κ2) is 6.04. The Hall–Kier alpha value is -1.83. The minimum Gasteiger partial charge on any atom is -0.373 e. The van der Waals surface area contributed by atoms with Crippen molar-refractivity contribution in [1.29, 1.82) is 5.26 Å². The summed E-state index contributed by atoms with van der Waals surface area (Å²) in [6, 6.07) is 4.15. The zero-order valence-electron chi connectivity index (χ0n) is 10.9. The number of hydrogen-bond donors (Lipinski definition) is 1. The predicted molar refractivity (Wildman–Crippen MR) is 69.0 cm³/mol. The Kier molecular flexibility index (Phi) is 4.70. The smallest absolute Gasteiger partial charge is 0.134 e. The molecule has 1 N–H and O–H groups in total. The van der Waals surface area contributed by atoms with E-state index in [1.165, 1.54) is 0 Å². The van der Waals surface area contributed by atoms with E-state index in [2.05, 4.69) is 33.2 Å². The first-order valence-corrected chi connectivity index (χ1v) is 5.78. The van der Waals surface area contributed by atoms with Crippen molar-refractivity contribution >= 4 is 11.6 Å². The predicted octanol–water partition coefficient (Wildman–Crippen LogP) is 1.81. The Labute approximate surface area is 102 Å². The van der Waals surface area contributed by atoms with Crippen LogP contribution in [0.2, 0.25) is 0 Å². The fraction of sp³-hybridized carbons (Fsp3) is 0.583.